The van der Waals surface area contributed by atoms with E-state index >= 15 is 0 Å². The molecule has 0 spiro atoms. The molecule has 1 fully saturated rings. The molecule has 1 atom stereocenters. The summed E-state index contributed by atoms with van der Waals surface area (Å²) in [5, 5.41) is 4.44. The van der Waals surface area contributed by atoms with E-state index in [0.29, 0.717) is 28.8 Å². The lowest BCUT2D eigenvalue weighted by atomic mass is 9.98. The smallest absolute Gasteiger partial charge is 0.253 e. The lowest BCUT2D eigenvalue weighted by Gasteiger charge is -2.31. The molecule has 7 nitrogen and oxygen atoms in total. The van der Waals surface area contributed by atoms with E-state index in [1.165, 1.54) is 0 Å². The second-order valence-corrected chi connectivity index (χ2v) is 11.1. The number of nitrogens with one attached hydrogen (secondary N) is 1. The van der Waals surface area contributed by atoms with Crippen LogP contribution in [0.1, 0.15) is 22.0 Å². The maximum absolute atomic E-state index is 13.0. The van der Waals surface area contributed by atoms with Crippen LogP contribution in [-0.2, 0) is 9.53 Å². The summed E-state index contributed by atoms with van der Waals surface area (Å²) >= 11 is 12.2. The molecule has 1 aliphatic rings. The number of rotatable bonds is 11. The van der Waals surface area contributed by atoms with Crippen molar-refractivity contribution < 1.29 is 14.3 Å². The van der Waals surface area contributed by atoms with Gasteiger partial charge in [-0.1, -0.05) is 59.6 Å². The van der Waals surface area contributed by atoms with Gasteiger partial charge in [-0.05, 0) is 47.0 Å². The van der Waals surface area contributed by atoms with Gasteiger partial charge in [0.05, 0.1) is 36.3 Å². The zero-order chi connectivity index (χ0) is 28.6. The number of likely N-dealkylation sites (N-methyl/N-ethyl adjacent to an activating group) is 1. The Balaban J connectivity index is 1.45. The Morgan fingerprint density at radius 2 is 1.65 bits per heavy atom. The van der Waals surface area contributed by atoms with Gasteiger partial charge >= 0.3 is 0 Å². The average Bonchev–Trinajstić information content (AvgIpc) is 2.97. The Morgan fingerprint density at radius 3 is 2.33 bits per heavy atom. The predicted octanol–water partition coefficient (Wildman–Crippen LogP) is 5.03. The second-order valence-electron chi connectivity index (χ2n) is 10.2. The molecule has 212 valence electrons. The molecule has 0 aromatic heterocycles. The van der Waals surface area contributed by atoms with E-state index in [1.54, 1.807) is 31.1 Å². The van der Waals surface area contributed by atoms with Gasteiger partial charge in [0, 0.05) is 58.1 Å². The molecule has 4 rings (SSSR count). The van der Waals surface area contributed by atoms with Crippen molar-refractivity contribution in [3.63, 3.8) is 0 Å². The van der Waals surface area contributed by atoms with E-state index in [9.17, 15) is 9.59 Å². The van der Waals surface area contributed by atoms with Gasteiger partial charge in [0.1, 0.15) is 0 Å². The highest BCUT2D eigenvalue weighted by Gasteiger charge is 2.20. The Labute approximate surface area is 246 Å². The highest BCUT2D eigenvalue weighted by molar-refractivity contribution is 6.42. The largest absolute Gasteiger partial charge is 0.379 e. The van der Waals surface area contributed by atoms with Crippen molar-refractivity contribution in [2.24, 2.45) is 0 Å². The van der Waals surface area contributed by atoms with Crippen LogP contribution in [0, 0.1) is 0 Å². The molecular formula is C31H36Cl2N4O3. The Bertz CT molecular complexity index is 1310. The fourth-order valence-corrected chi connectivity index (χ4v) is 4.99. The van der Waals surface area contributed by atoms with Crippen molar-refractivity contribution in [3.05, 3.63) is 87.9 Å². The highest BCUT2D eigenvalue weighted by Crippen LogP contribution is 2.27. The molecule has 40 heavy (non-hydrogen) atoms. The van der Waals surface area contributed by atoms with Gasteiger partial charge in [-0.25, -0.2) is 0 Å². The summed E-state index contributed by atoms with van der Waals surface area (Å²) in [7, 11) is 5.37. The Hall–Kier alpha value is -2.94. The normalized spacial score (nSPS) is 14.5. The molecule has 0 saturated carbocycles. The number of halogens is 2. The summed E-state index contributed by atoms with van der Waals surface area (Å²) < 4.78 is 5.53. The van der Waals surface area contributed by atoms with Crippen molar-refractivity contribution >= 4 is 40.6 Å². The molecule has 1 N–H and O–H groups in total. The molecule has 1 saturated heterocycles. The molecule has 1 aliphatic heterocycles. The van der Waals surface area contributed by atoms with E-state index < -0.39 is 0 Å². The fraction of sp³-hybridized carbons (Fsp3) is 0.355. The number of amides is 1. The molecule has 0 radical (unpaired) electrons. The molecule has 0 bridgehead atoms. The summed E-state index contributed by atoms with van der Waals surface area (Å²) in [5.74, 6) is 0.0438. The lowest BCUT2D eigenvalue weighted by molar-refractivity contribution is -0.117. The second kappa shape index (κ2) is 14.1. The average molecular weight is 584 g/mol. The van der Waals surface area contributed by atoms with Crippen LogP contribution < -0.4 is 10.2 Å². The maximum Gasteiger partial charge on any atom is 0.253 e. The molecule has 1 amide bonds. The predicted molar refractivity (Wildman–Crippen MR) is 163 cm³/mol. The van der Waals surface area contributed by atoms with Crippen molar-refractivity contribution in [1.82, 2.24) is 15.1 Å². The van der Waals surface area contributed by atoms with Crippen LogP contribution in [0.15, 0.2) is 66.7 Å². The van der Waals surface area contributed by atoms with Crippen molar-refractivity contribution in [3.8, 4) is 11.1 Å². The minimum absolute atomic E-state index is 0.0253. The van der Waals surface area contributed by atoms with E-state index in [-0.39, 0.29) is 30.8 Å². The summed E-state index contributed by atoms with van der Waals surface area (Å²) in [5.41, 5.74) is 4.60. The van der Waals surface area contributed by atoms with Gasteiger partial charge in [0.15, 0.2) is 5.78 Å². The van der Waals surface area contributed by atoms with Crippen LogP contribution in [0.25, 0.3) is 11.1 Å². The number of nitrogens with zero attached hydrogens (tertiary/aromatic N) is 3. The minimum Gasteiger partial charge on any atom is -0.379 e. The number of benzene rings is 3. The van der Waals surface area contributed by atoms with Crippen molar-refractivity contribution in [1.29, 1.82) is 0 Å². The first-order valence-corrected chi connectivity index (χ1v) is 14.1. The fourth-order valence-electron chi connectivity index (χ4n) is 4.70. The summed E-state index contributed by atoms with van der Waals surface area (Å²) in [6.07, 6.45) is 0. The summed E-state index contributed by atoms with van der Waals surface area (Å²) in [6, 6.07) is 21.3. The van der Waals surface area contributed by atoms with Gasteiger partial charge in [-0.3, -0.25) is 14.5 Å². The van der Waals surface area contributed by atoms with Gasteiger partial charge in [0.25, 0.3) is 5.91 Å². The quantitative estimate of drug-likeness (QED) is 0.342. The number of ketones is 1. The first-order valence-electron chi connectivity index (χ1n) is 13.3. The van der Waals surface area contributed by atoms with Crippen molar-refractivity contribution in [2.75, 3.05) is 72.0 Å². The Morgan fingerprint density at radius 1 is 0.925 bits per heavy atom. The number of carbonyl (C=O) groups excluding carboxylic acids is 2. The zero-order valence-corrected chi connectivity index (χ0v) is 24.7. The van der Waals surface area contributed by atoms with Crippen LogP contribution >= 0.6 is 23.2 Å². The number of hydrogen-bond acceptors (Lipinski definition) is 6. The van der Waals surface area contributed by atoms with Crippen LogP contribution in [0.4, 0.5) is 5.69 Å². The van der Waals surface area contributed by atoms with Gasteiger partial charge in [-0.15, -0.1) is 0 Å². The molecule has 0 aliphatic carbocycles. The van der Waals surface area contributed by atoms with Crippen LogP contribution in [0.3, 0.4) is 0 Å². The zero-order valence-electron chi connectivity index (χ0n) is 23.2. The van der Waals surface area contributed by atoms with E-state index in [0.717, 1.165) is 42.0 Å². The first-order chi connectivity index (χ1) is 19.2. The van der Waals surface area contributed by atoms with E-state index in [1.807, 2.05) is 42.3 Å². The van der Waals surface area contributed by atoms with Gasteiger partial charge < -0.3 is 19.9 Å². The van der Waals surface area contributed by atoms with Crippen LogP contribution in [0.5, 0.6) is 0 Å². The SMILES string of the molecule is CN(C)C(=O)c1cccc(-c2ccc(C(CN3CCOCC3)NCC(=O)CN(C)c3ccc(Cl)c(Cl)c3)cc2)c1. The molecule has 3 aromatic rings. The maximum atomic E-state index is 13.0. The molecule has 1 unspecified atom stereocenters. The molecular weight excluding hydrogens is 547 g/mol. The molecule has 1 heterocycles. The number of anilines is 1. The number of ether oxygens (including phenoxy) is 1. The highest BCUT2D eigenvalue weighted by atomic mass is 35.5. The molecule has 3 aromatic carbocycles. The van der Waals surface area contributed by atoms with Crippen LogP contribution in [-0.4, -0.2) is 88.6 Å². The van der Waals surface area contributed by atoms with E-state index in [2.05, 4.69) is 34.5 Å². The number of hydrogen-bond donors (Lipinski definition) is 1. The third-order valence-electron chi connectivity index (χ3n) is 7.01. The summed E-state index contributed by atoms with van der Waals surface area (Å²) in [6.45, 7) is 4.38. The molecule has 9 heteroatoms. The number of Topliss-reactive ketones (excluding diaryl/α,β-unsaturated/α-hetero) is 1. The number of carbonyl (C=O) groups is 2. The number of morpholine rings is 1. The first kappa shape index (κ1) is 30.0. The van der Waals surface area contributed by atoms with Crippen molar-refractivity contribution in [2.45, 2.75) is 6.04 Å². The third-order valence-corrected chi connectivity index (χ3v) is 7.75. The standard InChI is InChI=1S/C31H36Cl2N4O3/c1-35(2)31(39)25-6-4-5-24(17-25)22-7-9-23(10-8-22)30(21-37-13-15-40-16-14-37)34-19-27(38)20-36(3)26-11-12-28(32)29(33)18-26/h4-12,17-18,30,34H,13-16,19-21H2,1-3H3. The lowest BCUT2D eigenvalue weighted by Crippen LogP contribution is -2.43. The van der Waals surface area contributed by atoms with Crippen LogP contribution in [0.2, 0.25) is 10.0 Å². The van der Waals surface area contributed by atoms with Gasteiger partial charge in [-0.2, -0.15) is 0 Å². The van der Waals surface area contributed by atoms with Gasteiger partial charge in [0.2, 0.25) is 0 Å². The Kier molecular flexibility index (Phi) is 10.6. The minimum atomic E-state index is -0.0342. The topological polar surface area (TPSA) is 65.1 Å². The third kappa shape index (κ3) is 8.05. The summed E-state index contributed by atoms with van der Waals surface area (Å²) in [4.78, 5) is 31.2. The van der Waals surface area contributed by atoms with E-state index in [4.69, 9.17) is 27.9 Å². The monoisotopic (exact) mass is 582 g/mol.